The van der Waals surface area contributed by atoms with Crippen molar-refractivity contribution in [3.8, 4) is 11.5 Å². The van der Waals surface area contributed by atoms with E-state index in [4.69, 9.17) is 28.4 Å². The normalized spacial score (nSPS) is 12.4. The summed E-state index contributed by atoms with van der Waals surface area (Å²) in [5, 5.41) is 0. The van der Waals surface area contributed by atoms with Crippen LogP contribution in [0.2, 0.25) is 0 Å². The van der Waals surface area contributed by atoms with Crippen LogP contribution >= 0.6 is 0 Å². The van der Waals surface area contributed by atoms with Gasteiger partial charge in [0.2, 0.25) is 0 Å². The molecule has 0 spiro atoms. The molecule has 0 atom stereocenters. The Hall–Kier alpha value is -7.40. The summed E-state index contributed by atoms with van der Waals surface area (Å²) in [4.78, 5) is 0. The van der Waals surface area contributed by atoms with Gasteiger partial charge < -0.3 is 0 Å². The Morgan fingerprint density at radius 1 is 0.287 bits per heavy atom. The summed E-state index contributed by atoms with van der Waals surface area (Å²) in [6, 6.07) is 27.3. The summed E-state index contributed by atoms with van der Waals surface area (Å²) in [6.07, 6.45) is -39.5. The average Bonchev–Trinajstić information content (AvgIpc) is 0.669. The van der Waals surface area contributed by atoms with Gasteiger partial charge in [-0.15, -0.1) is 21.9 Å². The van der Waals surface area contributed by atoms with Crippen LogP contribution in [0.3, 0.4) is 0 Å². The van der Waals surface area contributed by atoms with Crippen molar-refractivity contribution in [1.29, 1.82) is 0 Å². The second-order valence-electron chi connectivity index (χ2n) is 18.9. The molecule has 7 aromatic rings. The summed E-state index contributed by atoms with van der Waals surface area (Å²) in [7, 11) is 0. The predicted octanol–water partition coefficient (Wildman–Crippen LogP) is 12.4. The molecule has 0 amide bonds. The first kappa shape index (κ1) is 75.6. The minimum absolute atomic E-state index is 0.480. The third-order valence-corrected chi connectivity index (χ3v) is 18.1. The average molecular weight is 1450 g/mol. The Kier molecular flexibility index (Phi) is 24.6. The fourth-order valence-corrected chi connectivity index (χ4v) is 14.5. The fourth-order valence-electron chi connectivity index (χ4n) is 9.75. The Balaban J connectivity index is 0.000000326. The molecule has 512 valence electrons. The molecule has 0 N–H and O–H groups in total. The number of rotatable bonds is 23. The number of alkyl halides is 12. The number of halogens is 28. The molecule has 0 aliphatic rings. The second kappa shape index (κ2) is 30.6. The zero-order valence-electron chi connectivity index (χ0n) is 47.1. The van der Waals surface area contributed by atoms with Gasteiger partial charge in [0, 0.05) is 0 Å². The van der Waals surface area contributed by atoms with Crippen LogP contribution in [-0.4, -0.2) is 86.1 Å². The van der Waals surface area contributed by atoms with Crippen molar-refractivity contribution in [2.75, 3.05) is 66.1 Å². The van der Waals surface area contributed by atoms with Crippen LogP contribution in [0.4, 0.5) is 123 Å². The van der Waals surface area contributed by atoms with Gasteiger partial charge in [0.1, 0.15) is 29.4 Å². The standard InChI is InChI=1S/C30H39O6Se.C28BF28/c1-3-31-18-20-33-22-24-35-27-14-8-10-16-29(27)37(26-12-6-5-7-13-26)30-17-11-9-15-28(30)36-25-23-34-21-19-32-4-2;30-9-1(25(46,47)48)5(13(34)21(42)17(9)38)29(6-2(26(49,50)51)10(31)18(39)22(43)14(6)35,7-3(27(52,53)54)11(32)19(40)23(44)15(7)36)8-4(28(55,56)57)12(33)20(41)24(45)16(8)37/h5-17H,3-4,18-25H2,1-2H3;/q+1;-1. The molecule has 0 bridgehead atoms. The van der Waals surface area contributed by atoms with Crippen molar-refractivity contribution in [3.05, 3.63) is 194 Å². The minimum atomic E-state index is -8.89. The van der Waals surface area contributed by atoms with E-state index in [1.165, 1.54) is 13.4 Å². The largest absolute Gasteiger partial charge is 0.416 e. The van der Waals surface area contributed by atoms with Gasteiger partial charge in [-0.2, -0.15) is 52.7 Å². The molecule has 7 aromatic carbocycles. The van der Waals surface area contributed by atoms with E-state index in [0.717, 1.165) is 11.5 Å². The van der Waals surface area contributed by atoms with E-state index in [1.807, 2.05) is 38.1 Å². The van der Waals surface area contributed by atoms with Crippen molar-refractivity contribution in [3.63, 3.8) is 0 Å². The summed E-state index contributed by atoms with van der Waals surface area (Å²) in [5.74, 6) is -68.0. The maximum atomic E-state index is 16.0. The Morgan fingerprint density at radius 3 is 0.787 bits per heavy atom. The molecule has 0 unspecified atom stereocenters. The number of ether oxygens (including phenoxy) is 6. The van der Waals surface area contributed by atoms with Gasteiger partial charge in [0.05, 0.1) is 22.3 Å². The van der Waals surface area contributed by atoms with E-state index in [1.54, 1.807) is 0 Å². The van der Waals surface area contributed by atoms with Crippen LogP contribution in [0.15, 0.2) is 78.9 Å². The molecule has 0 heterocycles. The second-order valence-corrected chi connectivity index (χ2v) is 23.0. The molecule has 0 fully saturated rings. The van der Waals surface area contributed by atoms with Gasteiger partial charge in [0.25, 0.3) is 0 Å². The topological polar surface area (TPSA) is 55.4 Å². The van der Waals surface area contributed by atoms with Crippen LogP contribution in [0.5, 0.6) is 11.5 Å². The van der Waals surface area contributed by atoms with E-state index in [9.17, 15) is 87.8 Å². The van der Waals surface area contributed by atoms with Crippen molar-refractivity contribution >= 4 is 55.3 Å². The molecule has 0 saturated carbocycles. The third kappa shape index (κ3) is 15.3. The van der Waals surface area contributed by atoms with Crippen LogP contribution in [-0.2, 0) is 43.7 Å². The molecule has 0 aromatic heterocycles. The molecule has 0 radical (unpaired) electrons. The number of hydrogen-bond donors (Lipinski definition) is 0. The van der Waals surface area contributed by atoms with Crippen molar-refractivity contribution in [1.82, 2.24) is 0 Å². The third-order valence-electron chi connectivity index (χ3n) is 13.3. The predicted molar refractivity (Wildman–Crippen MR) is 279 cm³/mol. The molecular formula is C58H39BF28O6Se. The van der Waals surface area contributed by atoms with E-state index < -0.39 is 182 Å². The van der Waals surface area contributed by atoms with Crippen LogP contribution in [0.1, 0.15) is 36.1 Å². The van der Waals surface area contributed by atoms with Crippen LogP contribution < -0.4 is 44.7 Å². The molecule has 0 aliphatic carbocycles. The van der Waals surface area contributed by atoms with Gasteiger partial charge in [-0.3, -0.25) is 0 Å². The molecule has 7 rings (SSSR count). The van der Waals surface area contributed by atoms with Gasteiger partial charge in [0.15, 0.2) is 69.8 Å². The van der Waals surface area contributed by atoms with E-state index >= 15 is 35.1 Å². The smallest absolute Gasteiger partial charge is 0.207 e. The maximum absolute atomic E-state index is 16.0. The molecule has 0 aliphatic heterocycles. The summed E-state index contributed by atoms with van der Waals surface area (Å²) in [6.45, 7) is 9.69. The first-order chi connectivity index (χ1) is 43.9. The summed E-state index contributed by atoms with van der Waals surface area (Å²) in [5.41, 5.74) is -38.1. The Bertz CT molecular complexity index is 3450. The van der Waals surface area contributed by atoms with Crippen LogP contribution in [0.25, 0.3) is 0 Å². The number of benzene rings is 7. The van der Waals surface area contributed by atoms with E-state index in [-0.39, 0.29) is 0 Å². The van der Waals surface area contributed by atoms with Crippen molar-refractivity contribution < 1.29 is 151 Å². The van der Waals surface area contributed by atoms with Gasteiger partial charge in [-0.05, 0) is 0 Å². The first-order valence-electron chi connectivity index (χ1n) is 26.3. The molecule has 0 saturated heterocycles. The van der Waals surface area contributed by atoms with E-state index in [2.05, 4.69) is 54.6 Å². The zero-order valence-corrected chi connectivity index (χ0v) is 48.8. The Labute approximate surface area is 515 Å². The number of hydrogen-bond acceptors (Lipinski definition) is 6. The Morgan fingerprint density at radius 2 is 0.521 bits per heavy atom. The van der Waals surface area contributed by atoms with Gasteiger partial charge in [-0.25, -0.2) is 70.2 Å². The maximum Gasteiger partial charge on any atom is 0.416 e. The fraction of sp³-hybridized carbons (Fsp3) is 0.276. The summed E-state index contributed by atoms with van der Waals surface area (Å²) < 4.78 is 456. The molecule has 6 nitrogen and oxygen atoms in total. The molecular weight excluding hydrogens is 1410 g/mol. The quantitative estimate of drug-likeness (QED) is 0.0209. The van der Waals surface area contributed by atoms with Gasteiger partial charge >= 0.3 is 251 Å². The van der Waals surface area contributed by atoms with Crippen LogP contribution in [0, 0.1) is 93.1 Å². The molecule has 36 heteroatoms. The monoisotopic (exact) mass is 1450 g/mol. The SMILES string of the molecule is CCOCCOCCOc1ccccc1[Se+](c1ccccc1)c1ccccc1OCCOCCOCC.Fc1c(F)c(F)c(C(F)(F)F)c([B-](c2c(F)c(F)c(F)c(F)c2C(F)(F)F)(c2c(F)c(F)c(F)c(F)c2C(F)(F)F)c2c(F)c(F)c(F)c(F)c2C(F)(F)F)c1F. The molecule has 94 heavy (non-hydrogen) atoms. The first-order valence-corrected chi connectivity index (χ1v) is 28.9. The van der Waals surface area contributed by atoms with Crippen molar-refractivity contribution in [2.45, 2.75) is 38.6 Å². The zero-order chi connectivity index (χ0) is 70.3. The number of para-hydroxylation sites is 2. The minimum Gasteiger partial charge on any atom is -0.207 e. The van der Waals surface area contributed by atoms with Gasteiger partial charge in [-0.1, -0.05) is 0 Å². The summed E-state index contributed by atoms with van der Waals surface area (Å²) >= 11 is -1.72. The van der Waals surface area contributed by atoms with E-state index in [0.29, 0.717) is 66.1 Å². The van der Waals surface area contributed by atoms with Crippen molar-refractivity contribution in [2.24, 2.45) is 0 Å².